The normalized spacial score (nSPS) is 14.9. The second kappa shape index (κ2) is 31.2. The van der Waals surface area contributed by atoms with Gasteiger partial charge >= 0.3 is 18.0 Å². The van der Waals surface area contributed by atoms with Gasteiger partial charge in [-0.1, -0.05) is 93.9 Å². The Morgan fingerprint density at radius 1 is 0.463 bits per heavy atom. The van der Waals surface area contributed by atoms with E-state index in [9.17, 15) is 57.5 Å². The highest BCUT2D eigenvalue weighted by Gasteiger charge is 2.43. The Morgan fingerprint density at radius 3 is 1.30 bits per heavy atom. The van der Waals surface area contributed by atoms with Gasteiger partial charge in [-0.15, -0.1) is 0 Å². The molecule has 10 amide bonds. The first-order valence-electron chi connectivity index (χ1n) is 27.6. The Kier molecular flexibility index (Phi) is 27.6. The number of benzene rings is 1. The molecule has 0 radical (unpaired) electrons. The van der Waals surface area contributed by atoms with Crippen LogP contribution in [0.25, 0.3) is 0 Å². The molecule has 8 atom stereocenters. The Labute approximate surface area is 483 Å². The molecule has 1 aromatic rings. The summed E-state index contributed by atoms with van der Waals surface area (Å²) in [5.74, 6) is -11.5. The number of nitrogens with one attached hydrogen (secondary N) is 10. The quantitative estimate of drug-likeness (QED) is 0.0406. The average molecular weight is 1160 g/mol. The number of hydrogen-bond donors (Lipinski definition) is 10. The van der Waals surface area contributed by atoms with Crippen molar-refractivity contribution in [2.24, 2.45) is 29.6 Å². The van der Waals surface area contributed by atoms with Crippen molar-refractivity contribution in [3.63, 3.8) is 0 Å². The molecule has 82 heavy (non-hydrogen) atoms. The lowest BCUT2D eigenvalue weighted by Gasteiger charge is -2.34. The molecule has 0 saturated carbocycles. The highest BCUT2D eigenvalue weighted by atomic mass is 16.6. The van der Waals surface area contributed by atoms with Gasteiger partial charge < -0.3 is 67.4 Å². The molecule has 0 unspecified atom stereocenters. The Morgan fingerprint density at radius 2 is 0.854 bits per heavy atom. The maximum atomic E-state index is 14.3. The third kappa shape index (κ3) is 22.9. The van der Waals surface area contributed by atoms with Gasteiger partial charge in [-0.25, -0.2) is 14.4 Å². The molecule has 0 heterocycles. The molecular weight excluding hydrogens is 1060 g/mol. The molecule has 10 N–H and O–H groups in total. The fourth-order valence-electron chi connectivity index (χ4n) is 7.79. The second-order valence-corrected chi connectivity index (χ2v) is 24.4. The maximum absolute atomic E-state index is 14.3. The van der Waals surface area contributed by atoms with Gasteiger partial charge in [0.15, 0.2) is 0 Å². The molecular formula is C57H94N10O15. The van der Waals surface area contributed by atoms with E-state index < -0.39 is 166 Å². The van der Waals surface area contributed by atoms with E-state index in [1.165, 1.54) is 60.6 Å². The number of carbonyl (C=O) groups is 12. The van der Waals surface area contributed by atoms with Crippen LogP contribution in [0, 0.1) is 29.6 Å². The van der Waals surface area contributed by atoms with Crippen molar-refractivity contribution in [2.45, 2.75) is 209 Å². The number of hydrogen-bond acceptors (Lipinski definition) is 15. The Balaban J connectivity index is 3.37. The van der Waals surface area contributed by atoms with Gasteiger partial charge in [0, 0.05) is 0 Å². The van der Waals surface area contributed by atoms with Gasteiger partial charge in [-0.05, 0) is 111 Å². The predicted octanol–water partition coefficient (Wildman–Crippen LogP) is 2.19. The summed E-state index contributed by atoms with van der Waals surface area (Å²) in [6.07, 6.45) is -1.86. The van der Waals surface area contributed by atoms with Crippen LogP contribution in [0.1, 0.15) is 155 Å². The number of methoxy groups -OCH3 is 1. The van der Waals surface area contributed by atoms with E-state index in [-0.39, 0.29) is 11.5 Å². The van der Waals surface area contributed by atoms with E-state index in [0.717, 1.165) is 7.11 Å². The van der Waals surface area contributed by atoms with Crippen LogP contribution in [0.4, 0.5) is 4.79 Å². The molecule has 1 rings (SSSR count). The lowest BCUT2D eigenvalue weighted by Crippen LogP contribution is -2.66. The molecule has 462 valence electrons. The standard InChI is InChI=1S/C57H94N10O15/c1-22-33(10)41(48(74)66-56(17,18)51(77)63-42(34(11)81-49(75)35-26-24-23-25-27-35)46(72)60-40(32(8)9)47(73)67-57(19,20)52(78)80-21)61-44(70)38(30(4)5)59-45(71)39(31(6)7)62-50(76)55(15,16)65-36(68)28-58-43(69)37(29(2)3)64-53(79)82-54(12,13)14/h23-27,29-34,37-42H,22,28H2,1-21H3,(H,58,69)(H,59,71)(H,60,72)(H,61,70)(H,62,76)(H,63,77)(H,64,79)(H,65,68)(H,66,74)(H,67,73)/t33-,34+,37-,38-,39-,40-,41-,42-/m0/s1. The molecule has 0 saturated heterocycles. The van der Waals surface area contributed by atoms with Crippen molar-refractivity contribution in [1.29, 1.82) is 0 Å². The number of carbonyl (C=O) groups excluding carboxylic acids is 12. The molecule has 0 fully saturated rings. The number of ether oxygens (including phenoxy) is 3. The fourth-order valence-corrected chi connectivity index (χ4v) is 7.79. The zero-order valence-corrected chi connectivity index (χ0v) is 51.9. The van der Waals surface area contributed by atoms with E-state index in [1.807, 2.05) is 0 Å². The highest BCUT2D eigenvalue weighted by Crippen LogP contribution is 2.17. The summed E-state index contributed by atoms with van der Waals surface area (Å²) in [5.41, 5.74) is -5.67. The lowest BCUT2D eigenvalue weighted by molar-refractivity contribution is -0.150. The molecule has 0 spiro atoms. The van der Waals surface area contributed by atoms with Gasteiger partial charge in [-0.2, -0.15) is 0 Å². The smallest absolute Gasteiger partial charge is 0.408 e. The van der Waals surface area contributed by atoms with E-state index in [2.05, 4.69) is 53.2 Å². The first-order chi connectivity index (χ1) is 37.5. The van der Waals surface area contributed by atoms with Crippen molar-refractivity contribution in [3.8, 4) is 0 Å². The molecule has 0 aromatic heterocycles. The summed E-state index contributed by atoms with van der Waals surface area (Å²) in [6.45, 7) is 30.8. The summed E-state index contributed by atoms with van der Waals surface area (Å²) in [6, 6.07) is 0.00268. The van der Waals surface area contributed by atoms with Gasteiger partial charge in [0.1, 0.15) is 64.6 Å². The minimum absolute atomic E-state index is 0.138. The highest BCUT2D eigenvalue weighted by molar-refractivity contribution is 6.00. The van der Waals surface area contributed by atoms with Crippen molar-refractivity contribution in [1.82, 2.24) is 53.2 Å². The van der Waals surface area contributed by atoms with Crippen molar-refractivity contribution in [3.05, 3.63) is 35.9 Å². The summed E-state index contributed by atoms with van der Waals surface area (Å²) in [5, 5.41) is 26.0. The Hall–Kier alpha value is -7.34. The van der Waals surface area contributed by atoms with E-state index >= 15 is 0 Å². The first kappa shape index (κ1) is 72.7. The third-order valence-corrected chi connectivity index (χ3v) is 13.1. The largest absolute Gasteiger partial charge is 0.467 e. The van der Waals surface area contributed by atoms with Crippen LogP contribution >= 0.6 is 0 Å². The summed E-state index contributed by atoms with van der Waals surface area (Å²) in [7, 11) is 1.15. The molecule has 0 aliphatic heterocycles. The third-order valence-electron chi connectivity index (χ3n) is 13.1. The zero-order chi connectivity index (χ0) is 63.6. The monoisotopic (exact) mass is 1160 g/mol. The van der Waals surface area contributed by atoms with Gasteiger partial charge in [0.2, 0.25) is 53.2 Å². The van der Waals surface area contributed by atoms with Crippen LogP contribution in [-0.2, 0) is 62.2 Å². The fraction of sp³-hybridized carbons (Fsp3) is 0.684. The molecule has 1 aromatic carbocycles. The van der Waals surface area contributed by atoms with Crippen molar-refractivity contribution in [2.75, 3.05) is 13.7 Å². The number of amides is 10. The molecule has 25 nitrogen and oxygen atoms in total. The van der Waals surface area contributed by atoms with E-state index in [1.54, 1.807) is 108 Å². The van der Waals surface area contributed by atoms with Crippen LogP contribution in [0.2, 0.25) is 0 Å². The maximum Gasteiger partial charge on any atom is 0.408 e. The van der Waals surface area contributed by atoms with Crippen molar-refractivity contribution < 1.29 is 71.7 Å². The number of rotatable bonds is 29. The van der Waals surface area contributed by atoms with Gasteiger partial charge in [0.25, 0.3) is 0 Å². The van der Waals surface area contributed by atoms with Crippen LogP contribution < -0.4 is 53.2 Å². The van der Waals surface area contributed by atoms with Gasteiger partial charge in [-0.3, -0.25) is 43.2 Å². The molecule has 25 heteroatoms. The number of alkyl carbamates (subject to hydrolysis) is 1. The Bertz CT molecular complexity index is 2440. The molecule has 0 aliphatic carbocycles. The van der Waals surface area contributed by atoms with E-state index in [4.69, 9.17) is 14.2 Å². The summed E-state index contributed by atoms with van der Waals surface area (Å²) in [4.78, 5) is 163. The predicted molar refractivity (Wildman–Crippen MR) is 305 cm³/mol. The molecule has 0 aliphatic rings. The second-order valence-electron chi connectivity index (χ2n) is 24.4. The lowest BCUT2D eigenvalue weighted by atomic mass is 9.94. The van der Waals surface area contributed by atoms with Crippen LogP contribution in [-0.4, -0.2) is 149 Å². The minimum Gasteiger partial charge on any atom is -0.467 e. The number of esters is 2. The topological polar surface area (TPSA) is 353 Å². The summed E-state index contributed by atoms with van der Waals surface area (Å²) >= 11 is 0. The van der Waals surface area contributed by atoms with Crippen LogP contribution in [0.15, 0.2) is 30.3 Å². The summed E-state index contributed by atoms with van der Waals surface area (Å²) < 4.78 is 15.7. The van der Waals surface area contributed by atoms with Crippen LogP contribution in [0.3, 0.4) is 0 Å². The zero-order valence-electron chi connectivity index (χ0n) is 51.9. The van der Waals surface area contributed by atoms with E-state index in [0.29, 0.717) is 6.42 Å². The van der Waals surface area contributed by atoms with Crippen LogP contribution in [0.5, 0.6) is 0 Å². The van der Waals surface area contributed by atoms with Crippen molar-refractivity contribution >= 4 is 71.2 Å². The SMILES string of the molecule is CC[C@H](C)[C@H](NC(=O)[C@@H](NC(=O)[C@@H](NC(=O)C(C)(C)NC(=O)CNC(=O)[C@@H](NC(=O)OC(C)(C)C)C(C)C)C(C)C)C(C)C)C(=O)NC(C)(C)C(=O)N[C@H](C(=O)N[C@H](C(=O)NC(C)(C)C(=O)OC)C(C)C)[C@@H](C)OC(=O)c1ccccc1. The van der Waals surface area contributed by atoms with Gasteiger partial charge in [0.05, 0.1) is 19.2 Å². The average Bonchev–Trinajstić information content (AvgIpc) is 3.51. The minimum atomic E-state index is -1.85. The first-order valence-corrected chi connectivity index (χ1v) is 27.6. The molecule has 0 bridgehead atoms.